The molecular weight excluding hydrogens is 436 g/mol. The molecule has 0 aromatic carbocycles. The maximum Gasteiger partial charge on any atom is 0.278 e. The molecule has 0 aromatic rings. The number of halogens is 2. The summed E-state index contributed by atoms with van der Waals surface area (Å²) in [6.07, 6.45) is 18.6. The summed E-state index contributed by atoms with van der Waals surface area (Å²) >= 11 is 0. The number of hydrogen-bond donors (Lipinski definition) is 2. The molecular formula is C27H37F2N3O2. The summed E-state index contributed by atoms with van der Waals surface area (Å²) in [6, 6.07) is -0.0675. The molecule has 34 heavy (non-hydrogen) atoms. The molecule has 7 heteroatoms. The van der Waals surface area contributed by atoms with E-state index < -0.39 is 12.5 Å². The van der Waals surface area contributed by atoms with E-state index in [9.17, 15) is 13.6 Å². The standard InChI is InChI=1S/C27H37F2N3O2/c1-5-6-8-19(2)11-12-20(3)24(30)16-25-26(33)32-22(17-31-25)14-13-21-9-7-10-23(15-21)34-18-27(4,28)29/h6-8,10-12,15-16,21-22H,5,9,13-14,17-18,30H2,1-4H3,(H,32,33)/b8-6+,19-11-,20-12+,24-16?. The van der Waals surface area contributed by atoms with Crippen LogP contribution in [0.5, 0.6) is 0 Å². The molecule has 186 valence electrons. The molecule has 5 nitrogen and oxygen atoms in total. The van der Waals surface area contributed by atoms with Crippen molar-refractivity contribution in [2.24, 2.45) is 16.6 Å². The van der Waals surface area contributed by atoms with E-state index in [2.05, 4.69) is 29.4 Å². The second kappa shape index (κ2) is 13.1. The number of carbonyl (C=O) groups excluding carboxylic acids is 1. The van der Waals surface area contributed by atoms with Gasteiger partial charge in [0.15, 0.2) is 6.61 Å². The van der Waals surface area contributed by atoms with Crippen LogP contribution in [0.1, 0.15) is 53.4 Å². The Morgan fingerprint density at radius 2 is 2.09 bits per heavy atom. The number of nitrogens with zero attached hydrogens (tertiary/aromatic N) is 1. The summed E-state index contributed by atoms with van der Waals surface area (Å²) in [5.41, 5.74) is 8.97. The first kappa shape index (κ1) is 27.3. The first-order valence-corrected chi connectivity index (χ1v) is 11.8. The van der Waals surface area contributed by atoms with Gasteiger partial charge in [0.25, 0.3) is 11.8 Å². The predicted molar refractivity (Wildman–Crippen MR) is 135 cm³/mol. The highest BCUT2D eigenvalue weighted by atomic mass is 19.3. The monoisotopic (exact) mass is 473 g/mol. The summed E-state index contributed by atoms with van der Waals surface area (Å²) in [5.74, 6) is -2.45. The van der Waals surface area contributed by atoms with Crippen molar-refractivity contribution in [2.45, 2.75) is 65.3 Å². The molecule has 0 fully saturated rings. The van der Waals surface area contributed by atoms with Gasteiger partial charge in [0.1, 0.15) is 11.5 Å². The van der Waals surface area contributed by atoms with Crippen molar-refractivity contribution in [1.29, 1.82) is 0 Å². The third-order valence-electron chi connectivity index (χ3n) is 5.51. The lowest BCUT2D eigenvalue weighted by atomic mass is 9.92. The highest BCUT2D eigenvalue weighted by molar-refractivity contribution is 6.44. The molecule has 0 radical (unpaired) electrons. The number of carbonyl (C=O) groups is 1. The molecule has 0 saturated heterocycles. The Hall–Kier alpha value is -2.96. The summed E-state index contributed by atoms with van der Waals surface area (Å²) < 4.78 is 31.2. The maximum atomic E-state index is 13.0. The Labute approximate surface area is 201 Å². The number of aliphatic imine (C=N–C) groups is 1. The Kier molecular flexibility index (Phi) is 10.5. The van der Waals surface area contributed by atoms with Crippen LogP contribution in [0, 0.1) is 5.92 Å². The molecule has 0 spiro atoms. The second-order valence-electron chi connectivity index (χ2n) is 8.97. The van der Waals surface area contributed by atoms with Crippen LogP contribution < -0.4 is 11.1 Å². The van der Waals surface area contributed by atoms with Crippen LogP contribution >= 0.6 is 0 Å². The average Bonchev–Trinajstić information content (AvgIpc) is 2.79. The van der Waals surface area contributed by atoms with Gasteiger partial charge < -0.3 is 15.8 Å². The van der Waals surface area contributed by atoms with Crippen molar-refractivity contribution >= 4 is 11.6 Å². The Morgan fingerprint density at radius 3 is 2.76 bits per heavy atom. The molecule has 3 N–H and O–H groups in total. The maximum absolute atomic E-state index is 13.0. The Bertz CT molecular complexity index is 934. The van der Waals surface area contributed by atoms with Crippen molar-refractivity contribution in [2.75, 3.05) is 13.2 Å². The highest BCUT2D eigenvalue weighted by Gasteiger charge is 2.24. The van der Waals surface area contributed by atoms with Crippen molar-refractivity contribution in [1.82, 2.24) is 5.32 Å². The number of nitrogens with one attached hydrogen (secondary N) is 1. The van der Waals surface area contributed by atoms with Gasteiger partial charge in [-0.25, -0.2) is 8.78 Å². The zero-order valence-corrected chi connectivity index (χ0v) is 20.6. The lowest BCUT2D eigenvalue weighted by Gasteiger charge is -2.24. The van der Waals surface area contributed by atoms with E-state index in [0.717, 1.165) is 43.8 Å². The van der Waals surface area contributed by atoms with Crippen LogP contribution in [0.2, 0.25) is 0 Å². The zero-order valence-electron chi connectivity index (χ0n) is 20.6. The normalized spacial score (nSPS) is 22.5. The van der Waals surface area contributed by atoms with Gasteiger partial charge in [0.05, 0.1) is 6.54 Å². The van der Waals surface area contributed by atoms with E-state index in [1.54, 1.807) is 12.2 Å². The molecule has 1 heterocycles. The Morgan fingerprint density at radius 1 is 1.32 bits per heavy atom. The van der Waals surface area contributed by atoms with E-state index >= 15 is 0 Å². The minimum atomic E-state index is -2.86. The Balaban J connectivity index is 1.90. The SMILES string of the molecule is CC/C=C/C(C)=C\C=C(/C)C(N)=CC1=NCC(CCC2C=C(OCC(C)(F)F)C=CC2)NC1=O. The number of hydrogen-bond acceptors (Lipinski definition) is 4. The molecule has 0 aromatic heterocycles. The van der Waals surface area contributed by atoms with E-state index in [1.165, 1.54) is 0 Å². The fourth-order valence-corrected chi connectivity index (χ4v) is 3.47. The first-order valence-electron chi connectivity index (χ1n) is 11.8. The van der Waals surface area contributed by atoms with Crippen LogP contribution in [-0.4, -0.2) is 36.7 Å². The van der Waals surface area contributed by atoms with Crippen molar-refractivity contribution in [3.8, 4) is 0 Å². The third kappa shape index (κ3) is 9.89. The number of alkyl halides is 2. The number of amides is 1. The minimum Gasteiger partial charge on any atom is -0.488 e. The van der Waals surface area contributed by atoms with Crippen LogP contribution in [0.3, 0.4) is 0 Å². The zero-order chi connectivity index (χ0) is 25.1. The largest absolute Gasteiger partial charge is 0.488 e. The van der Waals surface area contributed by atoms with Crippen LogP contribution in [0.25, 0.3) is 0 Å². The van der Waals surface area contributed by atoms with E-state index in [0.29, 0.717) is 23.7 Å². The van der Waals surface area contributed by atoms with Gasteiger partial charge in [-0.1, -0.05) is 42.9 Å². The third-order valence-corrected chi connectivity index (χ3v) is 5.51. The summed E-state index contributed by atoms with van der Waals surface area (Å²) in [7, 11) is 0. The van der Waals surface area contributed by atoms with Crippen molar-refractivity contribution in [3.63, 3.8) is 0 Å². The van der Waals surface area contributed by atoms with Gasteiger partial charge in [0.2, 0.25) is 0 Å². The number of nitrogens with two attached hydrogens (primary N) is 1. The molecule has 1 aliphatic heterocycles. The summed E-state index contributed by atoms with van der Waals surface area (Å²) in [5, 5.41) is 3.00. The predicted octanol–water partition coefficient (Wildman–Crippen LogP) is 5.54. The van der Waals surface area contributed by atoms with E-state index in [-0.39, 0.29) is 17.9 Å². The molecule has 2 rings (SSSR count). The van der Waals surface area contributed by atoms with Crippen LogP contribution in [0.4, 0.5) is 8.78 Å². The second-order valence-corrected chi connectivity index (χ2v) is 8.97. The summed E-state index contributed by atoms with van der Waals surface area (Å²) in [6.45, 7) is 6.68. The van der Waals surface area contributed by atoms with Gasteiger partial charge in [0, 0.05) is 18.7 Å². The molecule has 2 aliphatic rings. The van der Waals surface area contributed by atoms with Crippen LogP contribution in [0.15, 0.2) is 76.2 Å². The van der Waals surface area contributed by atoms with Crippen molar-refractivity contribution < 1.29 is 18.3 Å². The fraction of sp³-hybridized carbons (Fsp3) is 0.481. The van der Waals surface area contributed by atoms with Crippen LogP contribution in [-0.2, 0) is 9.53 Å². The van der Waals surface area contributed by atoms with Gasteiger partial charge in [-0.3, -0.25) is 9.79 Å². The van der Waals surface area contributed by atoms with E-state index in [1.807, 2.05) is 38.2 Å². The topological polar surface area (TPSA) is 76.7 Å². The number of ether oxygens (including phenoxy) is 1. The quantitative estimate of drug-likeness (QED) is 0.387. The molecule has 0 bridgehead atoms. The average molecular weight is 474 g/mol. The lowest BCUT2D eigenvalue weighted by molar-refractivity contribution is -0.115. The lowest BCUT2D eigenvalue weighted by Crippen LogP contribution is -2.45. The highest BCUT2D eigenvalue weighted by Crippen LogP contribution is 2.24. The molecule has 0 saturated carbocycles. The molecule has 2 atom stereocenters. The number of rotatable bonds is 11. The summed E-state index contributed by atoms with van der Waals surface area (Å²) in [4.78, 5) is 17.0. The van der Waals surface area contributed by atoms with Gasteiger partial charge >= 0.3 is 0 Å². The minimum absolute atomic E-state index is 0.0675. The van der Waals surface area contributed by atoms with Gasteiger partial charge in [-0.15, -0.1) is 0 Å². The van der Waals surface area contributed by atoms with Gasteiger partial charge in [-0.2, -0.15) is 0 Å². The van der Waals surface area contributed by atoms with E-state index in [4.69, 9.17) is 10.5 Å². The van der Waals surface area contributed by atoms with Crippen molar-refractivity contribution in [3.05, 3.63) is 71.2 Å². The molecule has 1 amide bonds. The van der Waals surface area contributed by atoms with Gasteiger partial charge in [-0.05, 0) is 69.2 Å². The first-order chi connectivity index (χ1) is 16.1. The molecule has 1 aliphatic carbocycles. The fourth-order valence-electron chi connectivity index (χ4n) is 3.47. The smallest absolute Gasteiger partial charge is 0.278 e. The number of allylic oxidation sites excluding steroid dienone is 9. The molecule has 2 unspecified atom stereocenters.